The zero-order valence-electron chi connectivity index (χ0n) is 20.5. The molecule has 2 aliphatic heterocycles. The highest BCUT2D eigenvalue weighted by Crippen LogP contribution is 2.50. The molecule has 0 spiro atoms. The van der Waals surface area contributed by atoms with Crippen molar-refractivity contribution in [3.63, 3.8) is 0 Å². The maximum absolute atomic E-state index is 13.0. The number of nitrogens with zero attached hydrogens (tertiary/aromatic N) is 3. The highest BCUT2D eigenvalue weighted by Gasteiger charge is 2.41. The van der Waals surface area contributed by atoms with Gasteiger partial charge < -0.3 is 19.3 Å². The van der Waals surface area contributed by atoms with Gasteiger partial charge in [0.05, 0.1) is 19.1 Å². The molecule has 1 unspecified atom stereocenters. The number of anilines is 1. The number of hydrogen-bond donors (Lipinski definition) is 0. The molecular weight excluding hydrogens is 442 g/mol. The smallest absolute Gasteiger partial charge is 0.410 e. The summed E-state index contributed by atoms with van der Waals surface area (Å²) in [5, 5.41) is 0. The first-order valence-electron chi connectivity index (χ1n) is 12.9. The number of likely N-dealkylation sites (tertiary alicyclic amines) is 1. The van der Waals surface area contributed by atoms with E-state index in [0.29, 0.717) is 25.6 Å². The second kappa shape index (κ2) is 10.7. The highest BCUT2D eigenvalue weighted by molar-refractivity contribution is 5.70. The van der Waals surface area contributed by atoms with E-state index in [9.17, 15) is 9.59 Å². The van der Waals surface area contributed by atoms with E-state index in [1.165, 1.54) is 16.8 Å². The third-order valence-corrected chi connectivity index (χ3v) is 7.59. The Morgan fingerprint density at radius 2 is 1.74 bits per heavy atom. The van der Waals surface area contributed by atoms with Crippen LogP contribution in [0.5, 0.6) is 0 Å². The summed E-state index contributed by atoms with van der Waals surface area (Å²) < 4.78 is 10.7. The van der Waals surface area contributed by atoms with Gasteiger partial charge in [-0.2, -0.15) is 0 Å². The highest BCUT2D eigenvalue weighted by atomic mass is 16.6. The van der Waals surface area contributed by atoms with Crippen LogP contribution < -0.4 is 4.90 Å². The monoisotopic (exact) mass is 477 g/mol. The lowest BCUT2D eigenvalue weighted by Crippen LogP contribution is -2.47. The van der Waals surface area contributed by atoms with Crippen molar-refractivity contribution in [3.8, 4) is 0 Å². The lowest BCUT2D eigenvalue weighted by Gasteiger charge is -2.36. The Kier molecular flexibility index (Phi) is 7.23. The number of rotatable bonds is 7. The number of piperidine rings is 1. The minimum absolute atomic E-state index is 0.0952. The van der Waals surface area contributed by atoms with Crippen molar-refractivity contribution in [1.29, 1.82) is 0 Å². The fourth-order valence-corrected chi connectivity index (χ4v) is 5.69. The molecule has 2 heterocycles. The number of carbonyl (C=O) groups is 2. The van der Waals surface area contributed by atoms with Crippen LogP contribution in [0.3, 0.4) is 0 Å². The fraction of sp³-hybridized carbons (Fsp3) is 0.500. The second-order valence-corrected chi connectivity index (χ2v) is 9.67. The maximum atomic E-state index is 13.0. The summed E-state index contributed by atoms with van der Waals surface area (Å²) in [6.07, 6.45) is 2.21. The Balaban J connectivity index is 1.20. The van der Waals surface area contributed by atoms with E-state index in [4.69, 9.17) is 9.47 Å². The molecule has 0 aromatic heterocycles. The zero-order valence-corrected chi connectivity index (χ0v) is 20.5. The summed E-state index contributed by atoms with van der Waals surface area (Å²) in [6.45, 7) is 7.80. The van der Waals surface area contributed by atoms with Crippen molar-refractivity contribution >= 4 is 17.7 Å². The molecule has 2 aromatic rings. The molecule has 2 fully saturated rings. The number of amides is 1. The van der Waals surface area contributed by atoms with Gasteiger partial charge in [0.2, 0.25) is 0 Å². The van der Waals surface area contributed by atoms with Gasteiger partial charge in [-0.25, -0.2) is 4.79 Å². The van der Waals surface area contributed by atoms with Crippen molar-refractivity contribution < 1.29 is 19.1 Å². The van der Waals surface area contributed by atoms with Crippen molar-refractivity contribution in [1.82, 2.24) is 9.80 Å². The van der Waals surface area contributed by atoms with Gasteiger partial charge in [0.15, 0.2) is 0 Å². The van der Waals surface area contributed by atoms with Crippen molar-refractivity contribution in [2.45, 2.75) is 44.8 Å². The lowest BCUT2D eigenvalue weighted by atomic mass is 9.96. The van der Waals surface area contributed by atoms with E-state index in [2.05, 4.69) is 28.0 Å². The molecule has 0 radical (unpaired) electrons. The largest absolute Gasteiger partial charge is 0.466 e. The van der Waals surface area contributed by atoms with Gasteiger partial charge in [-0.1, -0.05) is 36.4 Å². The molecule has 0 saturated carbocycles. The van der Waals surface area contributed by atoms with Crippen LogP contribution in [0.25, 0.3) is 0 Å². The summed E-state index contributed by atoms with van der Waals surface area (Å²) in [5.74, 6) is 0.411. The summed E-state index contributed by atoms with van der Waals surface area (Å²) in [5.41, 5.74) is 4.90. The molecule has 35 heavy (non-hydrogen) atoms. The van der Waals surface area contributed by atoms with Crippen LogP contribution in [-0.2, 0) is 20.9 Å². The molecule has 7 heteroatoms. The van der Waals surface area contributed by atoms with Gasteiger partial charge in [0.25, 0.3) is 0 Å². The number of esters is 1. The van der Waals surface area contributed by atoms with Crippen LogP contribution in [0.2, 0.25) is 0 Å². The summed E-state index contributed by atoms with van der Waals surface area (Å²) in [6, 6.07) is 16.8. The van der Waals surface area contributed by atoms with Gasteiger partial charge in [-0.3, -0.25) is 9.69 Å². The Morgan fingerprint density at radius 3 is 2.51 bits per heavy atom. The summed E-state index contributed by atoms with van der Waals surface area (Å²) >= 11 is 0. The van der Waals surface area contributed by atoms with E-state index in [-0.39, 0.29) is 18.1 Å². The number of piperazine rings is 1. The van der Waals surface area contributed by atoms with E-state index < -0.39 is 0 Å². The molecular formula is C28H35N3O4. The quantitative estimate of drug-likeness (QED) is 0.553. The van der Waals surface area contributed by atoms with Crippen molar-refractivity contribution in [3.05, 3.63) is 65.2 Å². The molecule has 1 aliphatic carbocycles. The normalized spacial score (nSPS) is 21.5. The van der Waals surface area contributed by atoms with E-state index in [0.717, 1.165) is 57.7 Å². The molecule has 2 aromatic carbocycles. The number of benzene rings is 2. The van der Waals surface area contributed by atoms with E-state index in [1.54, 1.807) is 0 Å². The van der Waals surface area contributed by atoms with Crippen LogP contribution >= 0.6 is 0 Å². The van der Waals surface area contributed by atoms with Gasteiger partial charge >= 0.3 is 12.1 Å². The van der Waals surface area contributed by atoms with Crippen LogP contribution in [0.4, 0.5) is 10.5 Å². The lowest BCUT2D eigenvalue weighted by molar-refractivity contribution is -0.143. The van der Waals surface area contributed by atoms with Crippen LogP contribution in [0.1, 0.15) is 54.8 Å². The molecule has 5 rings (SSSR count). The van der Waals surface area contributed by atoms with Crippen molar-refractivity contribution in [2.75, 3.05) is 50.8 Å². The zero-order chi connectivity index (χ0) is 24.2. The average Bonchev–Trinajstić information content (AvgIpc) is 3.18. The fourth-order valence-electron chi connectivity index (χ4n) is 5.69. The Labute approximate surface area is 207 Å². The minimum Gasteiger partial charge on any atom is -0.466 e. The third-order valence-electron chi connectivity index (χ3n) is 7.59. The topological polar surface area (TPSA) is 62.3 Å². The first-order valence-corrected chi connectivity index (χ1v) is 12.9. The number of hydrogen-bond acceptors (Lipinski definition) is 6. The molecule has 186 valence electrons. The molecule has 7 nitrogen and oxygen atoms in total. The molecule has 0 N–H and O–H groups in total. The molecule has 2 atom stereocenters. The van der Waals surface area contributed by atoms with Crippen molar-refractivity contribution in [2.24, 2.45) is 0 Å². The number of fused-ring (bicyclic) bond motifs is 5. The Bertz CT molecular complexity index is 1040. The van der Waals surface area contributed by atoms with E-state index in [1.807, 2.05) is 42.2 Å². The molecule has 1 amide bonds. The van der Waals surface area contributed by atoms with Gasteiger partial charge in [0, 0.05) is 45.0 Å². The van der Waals surface area contributed by atoms with Gasteiger partial charge in [-0.05, 0) is 54.5 Å². The Hall–Kier alpha value is -3.06. The van der Waals surface area contributed by atoms with Crippen LogP contribution in [0, 0.1) is 0 Å². The predicted molar refractivity (Wildman–Crippen MR) is 134 cm³/mol. The third kappa shape index (κ3) is 5.30. The van der Waals surface area contributed by atoms with Crippen LogP contribution in [0.15, 0.2) is 48.5 Å². The van der Waals surface area contributed by atoms with Crippen LogP contribution in [-0.4, -0.2) is 67.7 Å². The van der Waals surface area contributed by atoms with E-state index >= 15 is 0 Å². The predicted octanol–water partition coefficient (Wildman–Crippen LogP) is 4.33. The van der Waals surface area contributed by atoms with Gasteiger partial charge in [-0.15, -0.1) is 0 Å². The molecule has 2 bridgehead atoms. The standard InChI is InChI=1S/C28H35N3O4/c1-2-34-27(32)11-12-29-14-16-30(17-15-29)23-8-9-24-22-10-13-31(26(18-22)25(24)19-23)28(33)35-20-21-6-4-3-5-7-21/h3-9,19,22,26H,2,10-18,20H2,1H3/t22-,26?/m0/s1. The summed E-state index contributed by atoms with van der Waals surface area (Å²) in [4.78, 5) is 31.3. The minimum atomic E-state index is -0.217. The number of carbonyl (C=O) groups excluding carboxylic acids is 2. The second-order valence-electron chi connectivity index (χ2n) is 9.67. The molecule has 2 saturated heterocycles. The first-order chi connectivity index (χ1) is 17.1. The maximum Gasteiger partial charge on any atom is 0.410 e. The Morgan fingerprint density at radius 1 is 0.943 bits per heavy atom. The summed E-state index contributed by atoms with van der Waals surface area (Å²) in [7, 11) is 0. The first kappa shape index (κ1) is 23.7. The SMILES string of the molecule is CCOC(=O)CCN1CCN(c2ccc3c(c2)C2C[C@@H]3CCN2C(=O)OCc2ccccc2)CC1. The average molecular weight is 478 g/mol. The molecule has 3 aliphatic rings. The van der Waals surface area contributed by atoms with Gasteiger partial charge in [0.1, 0.15) is 6.61 Å². The number of ether oxygens (including phenoxy) is 2.